The van der Waals surface area contributed by atoms with Gasteiger partial charge in [-0.15, -0.1) is 0 Å². The summed E-state index contributed by atoms with van der Waals surface area (Å²) < 4.78 is 11.8. The fraction of sp³-hybridized carbons (Fsp3) is 0.250. The Morgan fingerprint density at radius 1 is 0.938 bits per heavy atom. The molecule has 4 nitrogen and oxygen atoms in total. The molecule has 162 valence electrons. The van der Waals surface area contributed by atoms with Crippen LogP contribution in [0, 0.1) is 0 Å². The first-order chi connectivity index (χ1) is 15.7. The van der Waals surface area contributed by atoms with Crippen molar-refractivity contribution in [3.63, 3.8) is 0 Å². The van der Waals surface area contributed by atoms with Gasteiger partial charge >= 0.3 is 5.63 Å². The topological polar surface area (TPSA) is 42.7 Å². The minimum atomic E-state index is -0.294. The summed E-state index contributed by atoms with van der Waals surface area (Å²) in [5, 5.41) is 1.01. The summed E-state index contributed by atoms with van der Waals surface area (Å²) in [5.41, 5.74) is 4.93. The van der Waals surface area contributed by atoms with Crippen molar-refractivity contribution < 1.29 is 9.15 Å². The molecule has 3 aromatic carbocycles. The Hall–Kier alpha value is -3.37. The summed E-state index contributed by atoms with van der Waals surface area (Å²) in [7, 11) is 0. The Kier molecular flexibility index (Phi) is 5.78. The molecule has 0 atom stereocenters. The van der Waals surface area contributed by atoms with E-state index in [1.54, 1.807) is 6.07 Å². The van der Waals surface area contributed by atoms with E-state index in [4.69, 9.17) is 9.15 Å². The van der Waals surface area contributed by atoms with Gasteiger partial charge in [0.1, 0.15) is 18.1 Å². The molecule has 1 aliphatic heterocycles. The quantitative estimate of drug-likeness (QED) is 0.370. The van der Waals surface area contributed by atoms with Crippen LogP contribution in [0.2, 0.25) is 0 Å². The molecule has 0 spiro atoms. The van der Waals surface area contributed by atoms with Crippen molar-refractivity contribution in [2.24, 2.45) is 0 Å². The van der Waals surface area contributed by atoms with E-state index in [2.05, 4.69) is 60.4 Å². The van der Waals surface area contributed by atoms with Crippen molar-refractivity contribution in [3.05, 3.63) is 112 Å². The Morgan fingerprint density at radius 2 is 1.62 bits per heavy atom. The van der Waals surface area contributed by atoms with E-state index in [0.29, 0.717) is 18.9 Å². The van der Waals surface area contributed by atoms with Gasteiger partial charge in [-0.3, -0.25) is 4.90 Å². The number of benzene rings is 3. The van der Waals surface area contributed by atoms with Gasteiger partial charge in [0.2, 0.25) is 0 Å². The van der Waals surface area contributed by atoms with E-state index in [9.17, 15) is 4.79 Å². The first-order valence-electron chi connectivity index (χ1n) is 11.3. The van der Waals surface area contributed by atoms with Crippen molar-refractivity contribution in [1.29, 1.82) is 0 Å². The molecule has 0 unspecified atom stereocenters. The highest BCUT2D eigenvalue weighted by Crippen LogP contribution is 2.35. The highest BCUT2D eigenvalue weighted by Gasteiger charge is 2.25. The van der Waals surface area contributed by atoms with Crippen LogP contribution in [0.3, 0.4) is 0 Å². The molecule has 2 heterocycles. The summed E-state index contributed by atoms with van der Waals surface area (Å²) >= 11 is 0. The van der Waals surface area contributed by atoms with E-state index in [1.807, 2.05) is 24.3 Å². The minimum absolute atomic E-state index is 0.222. The predicted molar refractivity (Wildman–Crippen MR) is 127 cm³/mol. The number of rotatable bonds is 6. The third kappa shape index (κ3) is 4.06. The third-order valence-electron chi connectivity index (χ3n) is 6.21. The van der Waals surface area contributed by atoms with Crippen molar-refractivity contribution in [2.75, 3.05) is 13.3 Å². The smallest absolute Gasteiger partial charge is 0.336 e. The zero-order valence-electron chi connectivity index (χ0n) is 18.3. The molecule has 0 amide bonds. The number of aryl methyl sites for hydroxylation is 1. The number of ether oxygens (including phenoxy) is 1. The van der Waals surface area contributed by atoms with Crippen LogP contribution in [0.5, 0.6) is 5.75 Å². The Bertz CT molecular complexity index is 1230. The number of hydrogen-bond donors (Lipinski definition) is 0. The van der Waals surface area contributed by atoms with Crippen LogP contribution >= 0.6 is 0 Å². The van der Waals surface area contributed by atoms with Crippen molar-refractivity contribution >= 4 is 11.0 Å². The molecule has 0 N–H and O–H groups in total. The maximum Gasteiger partial charge on any atom is 0.336 e. The van der Waals surface area contributed by atoms with E-state index in [-0.39, 0.29) is 11.5 Å². The van der Waals surface area contributed by atoms with E-state index < -0.39 is 0 Å². The van der Waals surface area contributed by atoms with E-state index in [0.717, 1.165) is 41.6 Å². The molecule has 1 aliphatic rings. The summed E-state index contributed by atoms with van der Waals surface area (Å²) in [4.78, 5) is 14.6. The monoisotopic (exact) mass is 425 g/mol. The third-order valence-corrected chi connectivity index (χ3v) is 6.21. The average Bonchev–Trinajstić information content (AvgIpc) is 2.83. The zero-order chi connectivity index (χ0) is 21.9. The van der Waals surface area contributed by atoms with Crippen LogP contribution in [0.4, 0.5) is 0 Å². The fourth-order valence-electron chi connectivity index (χ4n) is 4.67. The average molecular weight is 426 g/mol. The van der Waals surface area contributed by atoms with Gasteiger partial charge in [-0.05, 0) is 35.2 Å². The largest absolute Gasteiger partial charge is 0.478 e. The summed E-state index contributed by atoms with van der Waals surface area (Å²) in [5.74, 6) is 1.03. The zero-order valence-corrected chi connectivity index (χ0v) is 18.3. The molecular formula is C28H27NO3. The second kappa shape index (κ2) is 9.01. The van der Waals surface area contributed by atoms with Gasteiger partial charge in [0.25, 0.3) is 0 Å². The fourth-order valence-corrected chi connectivity index (χ4v) is 4.67. The van der Waals surface area contributed by atoms with Gasteiger partial charge in [-0.25, -0.2) is 4.79 Å². The van der Waals surface area contributed by atoms with Gasteiger partial charge in [0, 0.05) is 30.5 Å². The normalized spacial score (nSPS) is 13.8. The van der Waals surface area contributed by atoms with Crippen LogP contribution < -0.4 is 10.4 Å². The molecule has 5 rings (SSSR count). The Labute approximate surface area is 188 Å². The molecule has 0 bridgehead atoms. The van der Waals surface area contributed by atoms with Crippen molar-refractivity contribution in [1.82, 2.24) is 4.90 Å². The maximum atomic E-state index is 12.3. The van der Waals surface area contributed by atoms with Crippen LogP contribution in [0.15, 0.2) is 88.1 Å². The number of nitrogens with zero attached hydrogens (tertiary/aromatic N) is 1. The molecule has 4 aromatic rings. The molecule has 0 aliphatic carbocycles. The summed E-state index contributed by atoms with van der Waals surface area (Å²) in [6, 6.07) is 26.8. The molecule has 32 heavy (non-hydrogen) atoms. The molecular weight excluding hydrogens is 398 g/mol. The minimum Gasteiger partial charge on any atom is -0.478 e. The molecule has 0 fully saturated rings. The molecule has 0 saturated heterocycles. The number of hydrogen-bond acceptors (Lipinski definition) is 4. The second-order valence-corrected chi connectivity index (χ2v) is 8.42. The molecule has 1 aromatic heterocycles. The van der Waals surface area contributed by atoms with Gasteiger partial charge < -0.3 is 9.15 Å². The lowest BCUT2D eigenvalue weighted by Crippen LogP contribution is -2.35. The van der Waals surface area contributed by atoms with E-state index >= 15 is 0 Å². The van der Waals surface area contributed by atoms with Crippen LogP contribution in [0.25, 0.3) is 11.0 Å². The van der Waals surface area contributed by atoms with Gasteiger partial charge in [-0.1, -0.05) is 74.0 Å². The van der Waals surface area contributed by atoms with Gasteiger partial charge in [-0.2, -0.15) is 0 Å². The highest BCUT2D eigenvalue weighted by molar-refractivity contribution is 5.85. The maximum absolute atomic E-state index is 12.3. The van der Waals surface area contributed by atoms with Crippen LogP contribution in [-0.2, 0) is 13.0 Å². The lowest BCUT2D eigenvalue weighted by Gasteiger charge is -2.32. The lowest BCUT2D eigenvalue weighted by atomic mass is 9.90. The Morgan fingerprint density at radius 3 is 2.28 bits per heavy atom. The molecule has 0 radical (unpaired) electrons. The van der Waals surface area contributed by atoms with Crippen LogP contribution in [0.1, 0.15) is 41.5 Å². The molecule has 4 heteroatoms. The standard InChI is InChI=1S/C28H27NO3/c1-2-9-22-16-27(30)32-28-23(22)14-15-26-25(28)18-29(19-31-26)17-24(20-10-5-3-6-11-20)21-12-7-4-8-13-21/h3-8,10-16,24H,2,9,17-19H2,1H3. The second-order valence-electron chi connectivity index (χ2n) is 8.42. The van der Waals surface area contributed by atoms with Crippen molar-refractivity contribution in [3.8, 4) is 5.75 Å². The van der Waals surface area contributed by atoms with Crippen LogP contribution in [-0.4, -0.2) is 18.2 Å². The predicted octanol–water partition coefficient (Wildman–Crippen LogP) is 5.73. The van der Waals surface area contributed by atoms with Gasteiger partial charge in [0.15, 0.2) is 0 Å². The Balaban J connectivity index is 1.50. The number of fused-ring (bicyclic) bond motifs is 3. The summed E-state index contributed by atoms with van der Waals surface area (Å²) in [6.07, 6.45) is 1.84. The highest BCUT2D eigenvalue weighted by atomic mass is 16.5. The summed E-state index contributed by atoms with van der Waals surface area (Å²) in [6.45, 7) is 4.12. The van der Waals surface area contributed by atoms with Crippen molar-refractivity contribution in [2.45, 2.75) is 32.2 Å². The van der Waals surface area contributed by atoms with E-state index in [1.165, 1.54) is 11.1 Å². The molecule has 0 saturated carbocycles. The first-order valence-corrected chi connectivity index (χ1v) is 11.3. The lowest BCUT2D eigenvalue weighted by molar-refractivity contribution is 0.0925. The van der Waals surface area contributed by atoms with Gasteiger partial charge in [0.05, 0.1) is 5.56 Å². The SMILES string of the molecule is CCCc1cc(=O)oc2c3c(ccc12)OCN(CC(c1ccccc1)c1ccccc1)C3. The first kappa shape index (κ1) is 20.5.